The van der Waals surface area contributed by atoms with Crippen LogP contribution in [0.2, 0.25) is 10.0 Å². The van der Waals surface area contributed by atoms with Crippen molar-refractivity contribution in [3.8, 4) is 0 Å². The Morgan fingerprint density at radius 2 is 1.91 bits per heavy atom. The first-order chi connectivity index (χ1) is 10.5. The van der Waals surface area contributed by atoms with Gasteiger partial charge in [-0.1, -0.05) is 29.3 Å². The van der Waals surface area contributed by atoms with E-state index in [0.717, 1.165) is 0 Å². The smallest absolute Gasteiger partial charge is 0.341 e. The van der Waals surface area contributed by atoms with Gasteiger partial charge in [0.1, 0.15) is 5.76 Å². The molecule has 0 saturated heterocycles. The van der Waals surface area contributed by atoms with Crippen molar-refractivity contribution >= 4 is 35.1 Å². The summed E-state index contributed by atoms with van der Waals surface area (Å²) < 4.78 is 10.2. The normalized spacial score (nSPS) is 11.8. The molecular formula is C15H13Cl2NO4. The van der Waals surface area contributed by atoms with Gasteiger partial charge in [-0.3, -0.25) is 4.79 Å². The highest BCUT2D eigenvalue weighted by molar-refractivity contribution is 6.39. The average molecular weight is 342 g/mol. The second kappa shape index (κ2) is 7.33. The van der Waals surface area contributed by atoms with Gasteiger partial charge in [0.15, 0.2) is 6.10 Å². The highest BCUT2D eigenvalue weighted by Crippen LogP contribution is 2.25. The van der Waals surface area contributed by atoms with Crippen molar-refractivity contribution in [1.82, 2.24) is 5.32 Å². The maximum absolute atomic E-state index is 12.0. The van der Waals surface area contributed by atoms with Crippen LogP contribution < -0.4 is 5.32 Å². The summed E-state index contributed by atoms with van der Waals surface area (Å²) in [4.78, 5) is 23.9. The van der Waals surface area contributed by atoms with Crippen molar-refractivity contribution in [1.29, 1.82) is 0 Å². The van der Waals surface area contributed by atoms with Crippen LogP contribution in [0, 0.1) is 0 Å². The van der Waals surface area contributed by atoms with Crippen LogP contribution >= 0.6 is 23.2 Å². The summed E-state index contributed by atoms with van der Waals surface area (Å²) in [5.41, 5.74) is 0.0384. The van der Waals surface area contributed by atoms with Gasteiger partial charge >= 0.3 is 5.97 Å². The predicted octanol–water partition coefficient (Wildman–Crippen LogP) is 3.45. The van der Waals surface area contributed by atoms with E-state index in [1.807, 2.05) is 0 Å². The maximum atomic E-state index is 12.0. The lowest BCUT2D eigenvalue weighted by molar-refractivity contribution is -0.129. The third-order valence-electron chi connectivity index (χ3n) is 2.84. The molecule has 2 aromatic rings. The summed E-state index contributed by atoms with van der Waals surface area (Å²) >= 11 is 11.8. The zero-order valence-corrected chi connectivity index (χ0v) is 13.1. The Labute approximate surface area is 137 Å². The summed E-state index contributed by atoms with van der Waals surface area (Å²) in [7, 11) is 0. The number of hydrogen-bond acceptors (Lipinski definition) is 4. The van der Waals surface area contributed by atoms with E-state index in [-0.39, 0.29) is 22.2 Å². The lowest BCUT2D eigenvalue weighted by atomic mass is 10.2. The van der Waals surface area contributed by atoms with E-state index in [1.54, 1.807) is 18.2 Å². The minimum atomic E-state index is -0.991. The van der Waals surface area contributed by atoms with Crippen LogP contribution in [0.25, 0.3) is 0 Å². The number of hydrogen-bond donors (Lipinski definition) is 1. The van der Waals surface area contributed by atoms with Crippen LogP contribution in [0.5, 0.6) is 0 Å². The molecule has 1 atom stereocenters. The molecule has 0 aliphatic carbocycles. The molecule has 22 heavy (non-hydrogen) atoms. The fraction of sp³-hybridized carbons (Fsp3) is 0.200. The second-order valence-electron chi connectivity index (χ2n) is 4.44. The molecule has 0 bridgehead atoms. The highest BCUT2D eigenvalue weighted by atomic mass is 35.5. The van der Waals surface area contributed by atoms with E-state index in [0.29, 0.717) is 5.76 Å². The Kier molecular flexibility index (Phi) is 5.46. The summed E-state index contributed by atoms with van der Waals surface area (Å²) in [6.07, 6.45) is 0.513. The summed E-state index contributed by atoms with van der Waals surface area (Å²) in [5.74, 6) is -0.606. The number of ether oxygens (including phenoxy) is 1. The summed E-state index contributed by atoms with van der Waals surface area (Å²) in [5, 5.41) is 2.93. The molecule has 116 valence electrons. The molecule has 0 radical (unpaired) electrons. The molecule has 0 aliphatic rings. The molecular weight excluding hydrogens is 329 g/mol. The third-order valence-corrected chi connectivity index (χ3v) is 3.47. The van der Waals surface area contributed by atoms with E-state index < -0.39 is 18.0 Å². The Morgan fingerprint density at radius 1 is 1.23 bits per heavy atom. The first-order valence-electron chi connectivity index (χ1n) is 6.44. The second-order valence-corrected chi connectivity index (χ2v) is 5.26. The van der Waals surface area contributed by atoms with Gasteiger partial charge < -0.3 is 14.5 Å². The SMILES string of the molecule is C[C@H](OC(=O)c1c(Cl)cccc1Cl)C(=O)NCc1ccco1. The number of nitrogens with one attached hydrogen (secondary N) is 1. The zero-order chi connectivity index (χ0) is 16.1. The van der Waals surface area contributed by atoms with E-state index in [1.165, 1.54) is 25.3 Å². The van der Waals surface area contributed by atoms with Gasteiger partial charge in [0.05, 0.1) is 28.4 Å². The Balaban J connectivity index is 1.94. The van der Waals surface area contributed by atoms with Crippen molar-refractivity contribution in [2.24, 2.45) is 0 Å². The Morgan fingerprint density at radius 3 is 2.50 bits per heavy atom. The van der Waals surface area contributed by atoms with Crippen LogP contribution in [0.15, 0.2) is 41.0 Å². The molecule has 1 amide bonds. The molecule has 1 aromatic heterocycles. The van der Waals surface area contributed by atoms with E-state index >= 15 is 0 Å². The fourth-order valence-corrected chi connectivity index (χ4v) is 2.25. The Bertz CT molecular complexity index is 650. The number of halogens is 2. The molecule has 5 nitrogen and oxygen atoms in total. The van der Waals surface area contributed by atoms with Crippen molar-refractivity contribution < 1.29 is 18.7 Å². The number of esters is 1. The van der Waals surface area contributed by atoms with Crippen LogP contribution in [-0.2, 0) is 16.1 Å². The summed E-state index contributed by atoms with van der Waals surface area (Å²) in [6.45, 7) is 1.67. The first kappa shape index (κ1) is 16.4. The van der Waals surface area contributed by atoms with Crippen molar-refractivity contribution in [3.63, 3.8) is 0 Å². The number of amides is 1. The van der Waals surface area contributed by atoms with Gasteiger partial charge in [0.25, 0.3) is 5.91 Å². The van der Waals surface area contributed by atoms with Gasteiger partial charge in [0.2, 0.25) is 0 Å². The number of furan rings is 1. The molecule has 0 spiro atoms. The molecule has 0 saturated carbocycles. The van der Waals surface area contributed by atoms with Crippen LogP contribution in [0.3, 0.4) is 0 Å². The molecule has 7 heteroatoms. The van der Waals surface area contributed by atoms with Crippen molar-refractivity contribution in [3.05, 3.63) is 58.0 Å². The van der Waals surface area contributed by atoms with Crippen molar-refractivity contribution in [2.75, 3.05) is 0 Å². The van der Waals surface area contributed by atoms with Crippen LogP contribution in [-0.4, -0.2) is 18.0 Å². The monoisotopic (exact) mass is 341 g/mol. The minimum absolute atomic E-state index is 0.0384. The van der Waals surface area contributed by atoms with Gasteiger partial charge in [-0.15, -0.1) is 0 Å². The number of benzene rings is 1. The lowest BCUT2D eigenvalue weighted by Crippen LogP contribution is -2.35. The fourth-order valence-electron chi connectivity index (χ4n) is 1.70. The van der Waals surface area contributed by atoms with E-state index in [2.05, 4.69) is 5.32 Å². The minimum Gasteiger partial charge on any atom is -0.467 e. The van der Waals surface area contributed by atoms with Gasteiger partial charge in [-0.25, -0.2) is 4.79 Å². The standard InChI is InChI=1S/C15H13Cl2NO4/c1-9(14(19)18-8-10-4-3-7-21-10)22-15(20)13-11(16)5-2-6-12(13)17/h2-7,9H,8H2,1H3,(H,18,19)/t9-/m0/s1. The molecule has 1 N–H and O–H groups in total. The summed E-state index contributed by atoms with van der Waals surface area (Å²) in [6, 6.07) is 8.09. The number of carbonyl (C=O) groups is 2. The van der Waals surface area contributed by atoms with Crippen LogP contribution in [0.1, 0.15) is 23.0 Å². The average Bonchev–Trinajstić information content (AvgIpc) is 2.97. The van der Waals surface area contributed by atoms with Gasteiger partial charge in [-0.05, 0) is 31.2 Å². The lowest BCUT2D eigenvalue weighted by Gasteiger charge is -2.14. The Hall–Kier alpha value is -1.98. The van der Waals surface area contributed by atoms with Gasteiger partial charge in [0, 0.05) is 0 Å². The maximum Gasteiger partial charge on any atom is 0.341 e. The van der Waals surface area contributed by atoms with Gasteiger partial charge in [-0.2, -0.15) is 0 Å². The number of rotatable bonds is 5. The van der Waals surface area contributed by atoms with Crippen LogP contribution in [0.4, 0.5) is 0 Å². The molecule has 1 heterocycles. The highest BCUT2D eigenvalue weighted by Gasteiger charge is 2.22. The first-order valence-corrected chi connectivity index (χ1v) is 7.19. The molecule has 2 rings (SSSR count). The molecule has 0 fully saturated rings. The van der Waals surface area contributed by atoms with E-state index in [4.69, 9.17) is 32.4 Å². The third kappa shape index (κ3) is 4.02. The molecule has 1 aromatic carbocycles. The predicted molar refractivity (Wildman–Crippen MR) is 81.9 cm³/mol. The largest absolute Gasteiger partial charge is 0.467 e. The topological polar surface area (TPSA) is 68.5 Å². The molecule has 0 unspecified atom stereocenters. The zero-order valence-electron chi connectivity index (χ0n) is 11.6. The number of carbonyl (C=O) groups excluding carboxylic acids is 2. The molecule has 0 aliphatic heterocycles. The van der Waals surface area contributed by atoms with Crippen molar-refractivity contribution in [2.45, 2.75) is 19.6 Å². The van der Waals surface area contributed by atoms with E-state index in [9.17, 15) is 9.59 Å². The quantitative estimate of drug-likeness (QED) is 0.845.